The second-order valence-electron chi connectivity index (χ2n) is 3.72. The minimum Gasteiger partial charge on any atom is -0.354 e. The van der Waals surface area contributed by atoms with Crippen LogP contribution in [0.3, 0.4) is 0 Å². The van der Waals surface area contributed by atoms with Gasteiger partial charge in [0.15, 0.2) is 0 Å². The molecule has 1 aliphatic rings. The zero-order valence-corrected chi connectivity index (χ0v) is 9.14. The molecule has 1 unspecified atom stereocenters. The molecule has 3 heteroatoms. The summed E-state index contributed by atoms with van der Waals surface area (Å²) in [7, 11) is 0. The largest absolute Gasteiger partial charge is 0.354 e. The van der Waals surface area contributed by atoms with E-state index < -0.39 is 0 Å². The summed E-state index contributed by atoms with van der Waals surface area (Å²) in [5.41, 5.74) is 6.85. The average Bonchev–Trinajstić information content (AvgIpc) is 2.88. The molecule has 0 aliphatic carbocycles. The lowest BCUT2D eigenvalue weighted by Gasteiger charge is -2.06. The van der Waals surface area contributed by atoms with Crippen molar-refractivity contribution < 1.29 is 4.74 Å². The number of nitrogens with two attached hydrogens (primary N) is 1. The smallest absolute Gasteiger partial charge is 0.141 e. The molecular weight excluding hydrogens is 194 g/mol. The number of epoxide rings is 1. The summed E-state index contributed by atoms with van der Waals surface area (Å²) in [4.78, 5) is 1.34. The Morgan fingerprint density at radius 1 is 1.50 bits per heavy atom. The van der Waals surface area contributed by atoms with Gasteiger partial charge >= 0.3 is 0 Å². The van der Waals surface area contributed by atoms with Crippen LogP contribution in [0.2, 0.25) is 0 Å². The van der Waals surface area contributed by atoms with E-state index in [4.69, 9.17) is 10.5 Å². The molecule has 2 N–H and O–H groups in total. The van der Waals surface area contributed by atoms with Crippen LogP contribution in [0.5, 0.6) is 0 Å². The molecule has 0 saturated carbocycles. The van der Waals surface area contributed by atoms with Gasteiger partial charge in [-0.05, 0) is 18.6 Å². The van der Waals surface area contributed by atoms with Gasteiger partial charge < -0.3 is 10.5 Å². The second-order valence-corrected chi connectivity index (χ2v) is 4.85. The second kappa shape index (κ2) is 3.93. The first-order valence-electron chi connectivity index (χ1n) is 4.81. The van der Waals surface area contributed by atoms with Crippen LogP contribution in [-0.4, -0.2) is 18.1 Å². The number of rotatable bonds is 4. The van der Waals surface area contributed by atoms with Crippen molar-refractivity contribution >= 4 is 11.8 Å². The molecule has 76 valence electrons. The number of thioether (sulfide) groups is 1. The van der Waals surface area contributed by atoms with Crippen LogP contribution in [0, 0.1) is 6.92 Å². The lowest BCUT2D eigenvalue weighted by molar-refractivity contribution is 0.305. The molecule has 1 saturated heterocycles. The lowest BCUT2D eigenvalue weighted by atomic mass is 10.2. The van der Waals surface area contributed by atoms with Gasteiger partial charge in [0, 0.05) is 17.1 Å². The first-order valence-corrected chi connectivity index (χ1v) is 5.79. The molecule has 0 spiro atoms. The molecule has 1 atom stereocenters. The minimum atomic E-state index is -0.296. The van der Waals surface area contributed by atoms with E-state index in [1.165, 1.54) is 10.5 Å². The van der Waals surface area contributed by atoms with Crippen molar-refractivity contribution in [1.29, 1.82) is 0 Å². The molecule has 14 heavy (non-hydrogen) atoms. The van der Waals surface area contributed by atoms with Crippen molar-refractivity contribution in [3.63, 3.8) is 0 Å². The summed E-state index contributed by atoms with van der Waals surface area (Å²) >= 11 is 1.85. The average molecular weight is 209 g/mol. The lowest BCUT2D eigenvalue weighted by Crippen LogP contribution is -2.24. The fraction of sp³-hybridized carbons (Fsp3) is 0.455. The molecule has 0 aromatic heterocycles. The molecule has 1 fully saturated rings. The van der Waals surface area contributed by atoms with Crippen LogP contribution in [0.25, 0.3) is 0 Å². The number of ether oxygens (including phenoxy) is 1. The third kappa shape index (κ3) is 2.50. The molecule has 0 radical (unpaired) electrons. The Morgan fingerprint density at radius 3 is 2.86 bits per heavy atom. The van der Waals surface area contributed by atoms with Crippen molar-refractivity contribution in [2.75, 3.05) is 12.4 Å². The highest BCUT2D eigenvalue weighted by molar-refractivity contribution is 7.99. The van der Waals surface area contributed by atoms with Crippen LogP contribution in [0.1, 0.15) is 12.0 Å². The fourth-order valence-corrected chi connectivity index (χ4v) is 2.43. The van der Waals surface area contributed by atoms with E-state index in [0.29, 0.717) is 0 Å². The van der Waals surface area contributed by atoms with E-state index in [1.54, 1.807) is 0 Å². The van der Waals surface area contributed by atoms with E-state index in [1.807, 2.05) is 11.8 Å². The van der Waals surface area contributed by atoms with Crippen molar-refractivity contribution in [2.45, 2.75) is 24.0 Å². The van der Waals surface area contributed by atoms with Crippen LogP contribution in [0.4, 0.5) is 0 Å². The van der Waals surface area contributed by atoms with Crippen molar-refractivity contribution in [3.05, 3.63) is 29.8 Å². The Balaban J connectivity index is 1.83. The van der Waals surface area contributed by atoms with Crippen molar-refractivity contribution in [2.24, 2.45) is 5.73 Å². The van der Waals surface area contributed by atoms with E-state index in [2.05, 4.69) is 31.2 Å². The molecule has 2 rings (SSSR count). The van der Waals surface area contributed by atoms with E-state index in [9.17, 15) is 0 Å². The van der Waals surface area contributed by atoms with Crippen LogP contribution in [0.15, 0.2) is 29.2 Å². The third-order valence-corrected chi connectivity index (χ3v) is 3.57. The first-order chi connectivity index (χ1) is 6.70. The Labute approximate surface area is 88.8 Å². The van der Waals surface area contributed by atoms with Gasteiger partial charge in [-0.3, -0.25) is 0 Å². The SMILES string of the molecule is Cc1ccccc1SCCC1(N)CO1. The highest BCUT2D eigenvalue weighted by Gasteiger charge is 2.39. The Bertz CT molecular complexity index is 323. The monoisotopic (exact) mass is 209 g/mol. The van der Waals surface area contributed by atoms with Gasteiger partial charge in [-0.15, -0.1) is 11.8 Å². The molecule has 1 aromatic rings. The maximum Gasteiger partial charge on any atom is 0.141 e. The number of hydrogen-bond donors (Lipinski definition) is 1. The summed E-state index contributed by atoms with van der Waals surface area (Å²) in [6.07, 6.45) is 0.937. The number of hydrogen-bond acceptors (Lipinski definition) is 3. The Morgan fingerprint density at radius 2 is 2.21 bits per heavy atom. The topological polar surface area (TPSA) is 38.5 Å². The third-order valence-electron chi connectivity index (χ3n) is 2.39. The molecular formula is C11H15NOS. The summed E-state index contributed by atoms with van der Waals surface area (Å²) in [6.45, 7) is 2.86. The Hall–Kier alpha value is -0.510. The van der Waals surface area contributed by atoms with E-state index in [-0.39, 0.29) is 5.72 Å². The van der Waals surface area contributed by atoms with E-state index in [0.717, 1.165) is 18.8 Å². The first kappa shape index (κ1) is 10.0. The van der Waals surface area contributed by atoms with Gasteiger partial charge in [0.2, 0.25) is 0 Å². The van der Waals surface area contributed by atoms with E-state index >= 15 is 0 Å². The van der Waals surface area contributed by atoms with Crippen LogP contribution >= 0.6 is 11.8 Å². The highest BCUT2D eigenvalue weighted by atomic mass is 32.2. The van der Waals surface area contributed by atoms with Gasteiger partial charge in [0.05, 0.1) is 6.61 Å². The zero-order valence-electron chi connectivity index (χ0n) is 8.32. The summed E-state index contributed by atoms with van der Waals surface area (Å²) < 4.78 is 5.13. The normalized spacial score (nSPS) is 25.0. The predicted molar refractivity (Wildman–Crippen MR) is 59.4 cm³/mol. The summed E-state index contributed by atoms with van der Waals surface area (Å²) in [5.74, 6) is 1.03. The quantitative estimate of drug-likeness (QED) is 0.610. The molecule has 1 aliphatic heterocycles. The maximum atomic E-state index is 5.81. The number of benzene rings is 1. The fourth-order valence-electron chi connectivity index (χ4n) is 1.29. The molecule has 0 bridgehead atoms. The molecule has 1 aromatic carbocycles. The van der Waals surface area contributed by atoms with Crippen molar-refractivity contribution in [1.82, 2.24) is 0 Å². The van der Waals surface area contributed by atoms with Crippen LogP contribution in [-0.2, 0) is 4.74 Å². The van der Waals surface area contributed by atoms with Gasteiger partial charge in [-0.25, -0.2) is 0 Å². The Kier molecular flexibility index (Phi) is 2.81. The standard InChI is InChI=1S/C11H15NOS/c1-9-4-2-3-5-10(9)14-7-6-11(12)8-13-11/h2-5H,6-8,12H2,1H3. The van der Waals surface area contributed by atoms with Gasteiger partial charge in [0.1, 0.15) is 5.72 Å². The van der Waals surface area contributed by atoms with Gasteiger partial charge in [-0.2, -0.15) is 0 Å². The van der Waals surface area contributed by atoms with Crippen molar-refractivity contribution in [3.8, 4) is 0 Å². The number of aryl methyl sites for hydroxylation is 1. The highest BCUT2D eigenvalue weighted by Crippen LogP contribution is 2.29. The van der Waals surface area contributed by atoms with Gasteiger partial charge in [0.25, 0.3) is 0 Å². The summed E-state index contributed by atoms with van der Waals surface area (Å²) in [6, 6.07) is 8.42. The summed E-state index contributed by atoms with van der Waals surface area (Å²) in [5, 5.41) is 0. The predicted octanol–water partition coefficient (Wildman–Crippen LogP) is 2.16. The molecule has 1 heterocycles. The minimum absolute atomic E-state index is 0.296. The zero-order chi connectivity index (χ0) is 10.0. The van der Waals surface area contributed by atoms with Crippen LogP contribution < -0.4 is 5.73 Å². The maximum absolute atomic E-state index is 5.81. The van der Waals surface area contributed by atoms with Gasteiger partial charge in [-0.1, -0.05) is 18.2 Å². The molecule has 0 amide bonds. The molecule has 2 nitrogen and oxygen atoms in total.